The van der Waals surface area contributed by atoms with Crippen LogP contribution in [0.3, 0.4) is 0 Å². The molecule has 0 amide bonds. The first-order chi connectivity index (χ1) is 9.36. The normalized spacial score (nSPS) is 29.6. The second-order valence-corrected chi connectivity index (χ2v) is 5.53. The van der Waals surface area contributed by atoms with E-state index in [2.05, 4.69) is 0 Å². The van der Waals surface area contributed by atoms with Crippen LogP contribution in [0.1, 0.15) is 5.37 Å². The van der Waals surface area contributed by atoms with Gasteiger partial charge in [-0.25, -0.2) is 4.79 Å². The molecule has 0 aliphatic carbocycles. The molecule has 0 unspecified atom stereocenters. The Bertz CT molecular complexity index is 641. The lowest BCUT2D eigenvalue weighted by molar-refractivity contribution is -0.386. The van der Waals surface area contributed by atoms with Gasteiger partial charge in [-0.2, -0.15) is 0 Å². The quantitative estimate of drug-likeness (QED) is 0.361. The number of aromatic amines is 1. The minimum atomic E-state index is -1.40. The number of rotatable bonds is 3. The van der Waals surface area contributed by atoms with Gasteiger partial charge >= 0.3 is 16.9 Å². The van der Waals surface area contributed by atoms with Crippen LogP contribution in [0.4, 0.5) is 5.69 Å². The molecule has 110 valence electrons. The molecular formula is C9H11N3O7S. The Kier molecular flexibility index (Phi) is 3.94. The van der Waals surface area contributed by atoms with Crippen LogP contribution < -0.4 is 11.2 Å². The average molecular weight is 305 g/mol. The van der Waals surface area contributed by atoms with E-state index < -0.39 is 51.3 Å². The zero-order chi connectivity index (χ0) is 15.0. The maximum Gasteiger partial charge on any atom is 0.350 e. The van der Waals surface area contributed by atoms with Crippen LogP contribution in [0, 0.1) is 10.1 Å². The van der Waals surface area contributed by atoms with Crippen LogP contribution >= 0.6 is 11.8 Å². The predicted molar refractivity (Wildman–Crippen MR) is 67.5 cm³/mol. The number of aliphatic hydroxyl groups is 3. The summed E-state index contributed by atoms with van der Waals surface area (Å²) in [5.74, 6) is 0. The number of nitrogens with zero attached hydrogens (tertiary/aromatic N) is 2. The summed E-state index contributed by atoms with van der Waals surface area (Å²) in [6.07, 6.45) is -1.97. The van der Waals surface area contributed by atoms with Crippen molar-refractivity contribution in [2.24, 2.45) is 0 Å². The molecule has 0 bridgehead atoms. The smallest absolute Gasteiger partial charge is 0.350 e. The van der Waals surface area contributed by atoms with Crippen molar-refractivity contribution in [3.05, 3.63) is 37.1 Å². The van der Waals surface area contributed by atoms with Crippen LogP contribution in [0.25, 0.3) is 0 Å². The number of nitrogens with one attached hydrogen (secondary N) is 1. The third kappa shape index (κ3) is 2.35. The van der Waals surface area contributed by atoms with Crippen molar-refractivity contribution in [2.45, 2.75) is 22.8 Å². The van der Waals surface area contributed by atoms with Gasteiger partial charge in [0, 0.05) is 0 Å². The standard InChI is InChI=1S/C9H11N3O7S/c13-2-4-5(14)6(15)8(20-4)11-1-3(12(18)19)7(16)10-9(11)17/h1,4-6,8,13-15H,2H2,(H,10,16,17)/t4-,5+,6+,8+/m0/s1. The van der Waals surface area contributed by atoms with Crippen molar-refractivity contribution < 1.29 is 20.2 Å². The summed E-state index contributed by atoms with van der Waals surface area (Å²) >= 11 is 0.889. The monoisotopic (exact) mass is 305 g/mol. The maximum absolute atomic E-state index is 11.7. The van der Waals surface area contributed by atoms with Crippen LogP contribution in [0.5, 0.6) is 0 Å². The molecule has 10 nitrogen and oxygen atoms in total. The topological polar surface area (TPSA) is 159 Å². The summed E-state index contributed by atoms with van der Waals surface area (Å²) in [5.41, 5.74) is -2.93. The number of H-pyrrole nitrogens is 1. The summed E-state index contributed by atoms with van der Waals surface area (Å²) in [6.45, 7) is -0.431. The zero-order valence-electron chi connectivity index (χ0n) is 9.87. The van der Waals surface area contributed by atoms with Gasteiger partial charge < -0.3 is 15.3 Å². The average Bonchev–Trinajstić information content (AvgIpc) is 2.66. The van der Waals surface area contributed by atoms with Crippen molar-refractivity contribution in [1.29, 1.82) is 0 Å². The molecule has 1 fully saturated rings. The van der Waals surface area contributed by atoms with E-state index in [-0.39, 0.29) is 0 Å². The Balaban J connectivity index is 2.48. The van der Waals surface area contributed by atoms with Crippen LogP contribution in [0.2, 0.25) is 0 Å². The van der Waals surface area contributed by atoms with Crippen LogP contribution in [0.15, 0.2) is 15.8 Å². The van der Waals surface area contributed by atoms with Crippen molar-refractivity contribution in [1.82, 2.24) is 9.55 Å². The van der Waals surface area contributed by atoms with Crippen molar-refractivity contribution in [3.8, 4) is 0 Å². The Labute approximate surface area is 114 Å². The van der Waals surface area contributed by atoms with E-state index in [1.54, 1.807) is 4.98 Å². The number of hydrogen-bond acceptors (Lipinski definition) is 8. The van der Waals surface area contributed by atoms with E-state index in [1.165, 1.54) is 0 Å². The molecule has 1 aliphatic heterocycles. The third-order valence-electron chi connectivity index (χ3n) is 2.94. The van der Waals surface area contributed by atoms with Crippen molar-refractivity contribution >= 4 is 17.4 Å². The van der Waals surface area contributed by atoms with Crippen LogP contribution in [-0.2, 0) is 0 Å². The number of nitro groups is 1. The van der Waals surface area contributed by atoms with Gasteiger partial charge in [-0.15, -0.1) is 11.8 Å². The summed E-state index contributed by atoms with van der Waals surface area (Å²) in [5, 5.41) is 37.4. The predicted octanol–water partition coefficient (Wildman–Crippen LogP) is -2.23. The van der Waals surface area contributed by atoms with E-state index in [9.17, 15) is 29.9 Å². The minimum absolute atomic E-state index is 0.431. The second-order valence-electron chi connectivity index (χ2n) is 4.17. The van der Waals surface area contributed by atoms with Crippen molar-refractivity contribution in [3.63, 3.8) is 0 Å². The van der Waals surface area contributed by atoms with Gasteiger partial charge in [0.05, 0.1) is 29.1 Å². The summed E-state index contributed by atoms with van der Waals surface area (Å²) < 4.78 is 0.772. The van der Waals surface area contributed by atoms with Gasteiger partial charge in [0.2, 0.25) is 0 Å². The number of thioether (sulfide) groups is 1. The molecule has 11 heteroatoms. The lowest BCUT2D eigenvalue weighted by Gasteiger charge is -2.17. The van der Waals surface area contributed by atoms with Gasteiger partial charge in [0.15, 0.2) is 0 Å². The summed E-state index contributed by atoms with van der Waals surface area (Å²) in [4.78, 5) is 34.4. The lowest BCUT2D eigenvalue weighted by Crippen LogP contribution is -2.38. The lowest BCUT2D eigenvalue weighted by atomic mass is 10.1. The molecule has 0 spiro atoms. The minimum Gasteiger partial charge on any atom is -0.395 e. The van der Waals surface area contributed by atoms with Gasteiger partial charge in [0.1, 0.15) is 11.5 Å². The molecule has 2 rings (SSSR count). The molecule has 20 heavy (non-hydrogen) atoms. The molecule has 0 aromatic carbocycles. The molecule has 1 aromatic rings. The number of hydrogen-bond donors (Lipinski definition) is 4. The maximum atomic E-state index is 11.7. The molecule has 0 radical (unpaired) electrons. The fraction of sp³-hybridized carbons (Fsp3) is 0.556. The molecule has 4 atom stereocenters. The summed E-state index contributed by atoms with van der Waals surface area (Å²) in [6, 6.07) is 0. The third-order valence-corrected chi connectivity index (χ3v) is 4.50. The largest absolute Gasteiger partial charge is 0.395 e. The van der Waals surface area contributed by atoms with E-state index in [0.29, 0.717) is 6.20 Å². The van der Waals surface area contributed by atoms with E-state index in [1.807, 2.05) is 0 Å². The van der Waals surface area contributed by atoms with E-state index >= 15 is 0 Å². The highest BCUT2D eigenvalue weighted by molar-refractivity contribution is 8.00. The number of aliphatic hydroxyl groups excluding tert-OH is 3. The van der Waals surface area contributed by atoms with E-state index in [0.717, 1.165) is 16.3 Å². The molecule has 2 heterocycles. The first-order valence-corrected chi connectivity index (χ1v) is 6.43. The first kappa shape index (κ1) is 14.7. The Morgan fingerprint density at radius 1 is 1.40 bits per heavy atom. The van der Waals surface area contributed by atoms with Gasteiger partial charge in [-0.3, -0.25) is 24.5 Å². The fourth-order valence-electron chi connectivity index (χ4n) is 1.90. The Morgan fingerprint density at radius 2 is 2.05 bits per heavy atom. The molecule has 4 N–H and O–H groups in total. The van der Waals surface area contributed by atoms with Gasteiger partial charge in [-0.1, -0.05) is 0 Å². The first-order valence-electron chi connectivity index (χ1n) is 5.49. The second kappa shape index (κ2) is 5.36. The molecule has 1 aromatic heterocycles. The Morgan fingerprint density at radius 3 is 2.55 bits per heavy atom. The zero-order valence-corrected chi connectivity index (χ0v) is 10.7. The highest BCUT2D eigenvalue weighted by atomic mass is 32.2. The molecule has 0 saturated carbocycles. The van der Waals surface area contributed by atoms with Gasteiger partial charge in [-0.05, 0) is 0 Å². The Hall–Kier alpha value is -1.69. The number of aromatic nitrogens is 2. The highest BCUT2D eigenvalue weighted by Gasteiger charge is 2.43. The van der Waals surface area contributed by atoms with Gasteiger partial charge in [0.25, 0.3) is 0 Å². The fourth-order valence-corrected chi connectivity index (χ4v) is 3.28. The van der Waals surface area contributed by atoms with Crippen LogP contribution in [-0.4, -0.2) is 53.9 Å². The SMILES string of the molecule is O=c1[nH]c(=O)n([C@@H]2S[C@@H](CO)[C@@H](O)[C@H]2O)cc1[N+](=O)[O-]. The van der Waals surface area contributed by atoms with Crippen molar-refractivity contribution in [2.75, 3.05) is 6.61 Å². The summed E-state index contributed by atoms with van der Waals surface area (Å²) in [7, 11) is 0. The molecular weight excluding hydrogens is 294 g/mol. The highest BCUT2D eigenvalue weighted by Crippen LogP contribution is 2.40. The van der Waals surface area contributed by atoms with E-state index in [4.69, 9.17) is 5.11 Å². The molecule has 1 saturated heterocycles. The molecule has 1 aliphatic rings.